The Morgan fingerprint density at radius 2 is 2.06 bits per heavy atom. The minimum absolute atomic E-state index is 0.309. The van der Waals surface area contributed by atoms with Gasteiger partial charge in [-0.05, 0) is 25.1 Å². The number of ketones is 1. The first-order chi connectivity index (χ1) is 7.70. The van der Waals surface area contributed by atoms with Crippen LogP contribution in [0.4, 0.5) is 13.2 Å². The number of benzene rings is 1. The van der Waals surface area contributed by atoms with E-state index in [0.717, 1.165) is 18.2 Å². The first-order valence-electron chi connectivity index (χ1n) is 4.48. The van der Waals surface area contributed by atoms with Gasteiger partial charge in [0.05, 0.1) is 10.4 Å². The lowest BCUT2D eigenvalue weighted by molar-refractivity contribution is -0.274. The Kier molecular flexibility index (Phi) is 4.03. The van der Waals surface area contributed by atoms with Crippen LogP contribution in [0.25, 0.3) is 0 Å². The standard InChI is InChI=1S/C10H8BrF3O3/c1-5(11)9(16)7-4-6(15)2-3-8(7)17-10(12,13)14/h2-5,15H,1H3. The van der Waals surface area contributed by atoms with Gasteiger partial charge < -0.3 is 9.84 Å². The highest BCUT2D eigenvalue weighted by molar-refractivity contribution is 9.10. The van der Waals surface area contributed by atoms with Gasteiger partial charge in [-0.2, -0.15) is 0 Å². The van der Waals surface area contributed by atoms with Gasteiger partial charge in [-0.1, -0.05) is 15.9 Å². The van der Waals surface area contributed by atoms with Crippen LogP contribution >= 0.6 is 15.9 Å². The maximum absolute atomic E-state index is 12.1. The summed E-state index contributed by atoms with van der Waals surface area (Å²) in [7, 11) is 0. The first kappa shape index (κ1) is 13.8. The quantitative estimate of drug-likeness (QED) is 0.688. The summed E-state index contributed by atoms with van der Waals surface area (Å²) in [4.78, 5) is 10.9. The number of ether oxygens (including phenoxy) is 1. The molecule has 0 aromatic heterocycles. The maximum Gasteiger partial charge on any atom is 0.573 e. The second-order valence-corrected chi connectivity index (χ2v) is 4.58. The van der Waals surface area contributed by atoms with Crippen molar-refractivity contribution < 1.29 is 27.8 Å². The summed E-state index contributed by atoms with van der Waals surface area (Å²) >= 11 is 2.95. The number of hydrogen-bond acceptors (Lipinski definition) is 3. The van der Waals surface area contributed by atoms with E-state index < -0.39 is 22.7 Å². The van der Waals surface area contributed by atoms with Gasteiger partial charge in [0.25, 0.3) is 0 Å². The summed E-state index contributed by atoms with van der Waals surface area (Å²) in [6.45, 7) is 1.46. The molecule has 1 unspecified atom stereocenters. The average Bonchev–Trinajstić information content (AvgIpc) is 2.17. The highest BCUT2D eigenvalue weighted by atomic mass is 79.9. The molecule has 0 saturated heterocycles. The van der Waals surface area contributed by atoms with Crippen molar-refractivity contribution in [1.82, 2.24) is 0 Å². The van der Waals surface area contributed by atoms with E-state index in [0.29, 0.717) is 0 Å². The van der Waals surface area contributed by atoms with Gasteiger partial charge >= 0.3 is 6.36 Å². The minimum Gasteiger partial charge on any atom is -0.508 e. The highest BCUT2D eigenvalue weighted by Crippen LogP contribution is 2.30. The van der Waals surface area contributed by atoms with Gasteiger partial charge in [-0.25, -0.2) is 0 Å². The molecule has 1 aromatic rings. The number of carbonyl (C=O) groups is 1. The Morgan fingerprint density at radius 3 is 2.53 bits per heavy atom. The molecule has 3 nitrogen and oxygen atoms in total. The summed E-state index contributed by atoms with van der Waals surface area (Å²) in [5.41, 5.74) is -0.327. The molecule has 0 spiro atoms. The van der Waals surface area contributed by atoms with Crippen LogP contribution in [-0.2, 0) is 0 Å². The van der Waals surface area contributed by atoms with Crippen molar-refractivity contribution in [3.63, 3.8) is 0 Å². The zero-order chi connectivity index (χ0) is 13.2. The monoisotopic (exact) mass is 312 g/mol. The summed E-state index contributed by atoms with van der Waals surface area (Å²) in [5.74, 6) is -1.55. The Hall–Kier alpha value is -1.24. The second-order valence-electron chi connectivity index (χ2n) is 3.21. The molecule has 0 heterocycles. The smallest absolute Gasteiger partial charge is 0.508 e. The summed E-state index contributed by atoms with van der Waals surface area (Å²) < 4.78 is 39.9. The summed E-state index contributed by atoms with van der Waals surface area (Å²) in [5, 5.41) is 9.16. The molecule has 0 amide bonds. The molecule has 0 aliphatic heterocycles. The van der Waals surface area contributed by atoms with Crippen molar-refractivity contribution in [3.05, 3.63) is 23.8 Å². The molecule has 0 aliphatic carbocycles. The van der Waals surface area contributed by atoms with Gasteiger partial charge in [0, 0.05) is 0 Å². The van der Waals surface area contributed by atoms with Gasteiger partial charge in [0.15, 0.2) is 5.78 Å². The molecule has 0 saturated carbocycles. The first-order valence-corrected chi connectivity index (χ1v) is 5.39. The number of carbonyl (C=O) groups excluding carboxylic acids is 1. The predicted molar refractivity (Wildman–Crippen MR) is 57.5 cm³/mol. The third-order valence-electron chi connectivity index (χ3n) is 1.82. The number of phenolic OH excluding ortho intramolecular Hbond substituents is 1. The van der Waals surface area contributed by atoms with E-state index in [1.807, 2.05) is 0 Å². The second kappa shape index (κ2) is 4.95. The normalized spacial score (nSPS) is 13.2. The molecule has 7 heteroatoms. The molecule has 0 aliphatic rings. The summed E-state index contributed by atoms with van der Waals surface area (Å²) in [6, 6.07) is 2.84. The maximum atomic E-state index is 12.1. The molecular formula is C10H8BrF3O3. The van der Waals surface area contributed by atoms with Crippen molar-refractivity contribution in [2.45, 2.75) is 18.1 Å². The third-order valence-corrected chi connectivity index (χ3v) is 2.23. The molecule has 17 heavy (non-hydrogen) atoms. The fourth-order valence-corrected chi connectivity index (χ4v) is 1.39. The number of halogens is 4. The third kappa shape index (κ3) is 3.92. The summed E-state index contributed by atoms with van der Waals surface area (Å²) in [6.07, 6.45) is -4.89. The fraction of sp³-hybridized carbons (Fsp3) is 0.300. The molecule has 0 radical (unpaired) electrons. The van der Waals surface area contributed by atoms with E-state index in [2.05, 4.69) is 20.7 Å². The lowest BCUT2D eigenvalue weighted by atomic mass is 10.1. The molecule has 1 rings (SSSR count). The molecular weight excluding hydrogens is 305 g/mol. The molecule has 1 atom stereocenters. The Balaban J connectivity index is 3.17. The van der Waals surface area contributed by atoms with Gasteiger partial charge in [-0.15, -0.1) is 13.2 Å². The van der Waals surface area contributed by atoms with Crippen LogP contribution in [0, 0.1) is 0 Å². The van der Waals surface area contributed by atoms with E-state index in [1.54, 1.807) is 0 Å². The Labute approximate surface area is 103 Å². The fourth-order valence-electron chi connectivity index (χ4n) is 1.14. The van der Waals surface area contributed by atoms with Crippen LogP contribution in [0.2, 0.25) is 0 Å². The highest BCUT2D eigenvalue weighted by Gasteiger charge is 2.33. The zero-order valence-corrected chi connectivity index (χ0v) is 10.2. The van der Waals surface area contributed by atoms with E-state index in [1.165, 1.54) is 6.92 Å². The van der Waals surface area contributed by atoms with E-state index in [4.69, 9.17) is 5.11 Å². The van der Waals surface area contributed by atoms with Crippen molar-refractivity contribution in [3.8, 4) is 11.5 Å². The lowest BCUT2D eigenvalue weighted by Crippen LogP contribution is -2.20. The number of rotatable bonds is 3. The number of Topliss-reactive ketones (excluding diaryl/α,β-unsaturated/α-hetero) is 1. The molecule has 1 aromatic carbocycles. The van der Waals surface area contributed by atoms with Crippen molar-refractivity contribution in [1.29, 1.82) is 0 Å². The van der Waals surface area contributed by atoms with Crippen LogP contribution in [0.3, 0.4) is 0 Å². The topological polar surface area (TPSA) is 46.5 Å². The van der Waals surface area contributed by atoms with Crippen LogP contribution < -0.4 is 4.74 Å². The van der Waals surface area contributed by atoms with Crippen LogP contribution in [0.15, 0.2) is 18.2 Å². The van der Waals surface area contributed by atoms with Crippen molar-refractivity contribution in [2.75, 3.05) is 0 Å². The Bertz CT molecular complexity index is 429. The number of hydrogen-bond donors (Lipinski definition) is 1. The van der Waals surface area contributed by atoms with Gasteiger partial charge in [-0.3, -0.25) is 4.79 Å². The van der Waals surface area contributed by atoms with Gasteiger partial charge in [0.1, 0.15) is 11.5 Å². The Morgan fingerprint density at radius 1 is 1.47 bits per heavy atom. The largest absolute Gasteiger partial charge is 0.573 e. The minimum atomic E-state index is -4.89. The molecule has 0 fully saturated rings. The van der Waals surface area contributed by atoms with E-state index in [-0.39, 0.29) is 11.3 Å². The van der Waals surface area contributed by atoms with E-state index in [9.17, 15) is 18.0 Å². The lowest BCUT2D eigenvalue weighted by Gasteiger charge is -2.13. The number of phenols is 1. The molecule has 1 N–H and O–H groups in total. The van der Waals surface area contributed by atoms with Crippen molar-refractivity contribution >= 4 is 21.7 Å². The zero-order valence-electron chi connectivity index (χ0n) is 8.58. The predicted octanol–water partition coefficient (Wildman–Crippen LogP) is 3.26. The van der Waals surface area contributed by atoms with E-state index >= 15 is 0 Å². The SMILES string of the molecule is CC(Br)C(=O)c1cc(O)ccc1OC(F)(F)F. The molecule has 0 bridgehead atoms. The van der Waals surface area contributed by atoms with Gasteiger partial charge in [0.2, 0.25) is 0 Å². The number of aromatic hydroxyl groups is 1. The van der Waals surface area contributed by atoms with Crippen LogP contribution in [0.1, 0.15) is 17.3 Å². The molecule has 94 valence electrons. The van der Waals surface area contributed by atoms with Crippen LogP contribution in [-0.4, -0.2) is 22.1 Å². The number of alkyl halides is 4. The average molecular weight is 313 g/mol. The van der Waals surface area contributed by atoms with Crippen LogP contribution in [0.5, 0.6) is 11.5 Å². The van der Waals surface area contributed by atoms with Crippen molar-refractivity contribution in [2.24, 2.45) is 0 Å².